The molecule has 0 aliphatic heterocycles. The minimum Gasteiger partial charge on any atom is -0.454 e. The predicted molar refractivity (Wildman–Crippen MR) is 220 cm³/mol. The van der Waals surface area contributed by atoms with E-state index in [1.807, 2.05) is 48.5 Å². The highest BCUT2D eigenvalue weighted by molar-refractivity contribution is 6.29. The molecule has 7 aromatic carbocycles. The zero-order valence-electron chi connectivity index (χ0n) is 30.1. The first-order valence-electron chi connectivity index (χ1n) is 18.4. The molecule has 0 bridgehead atoms. The lowest BCUT2D eigenvalue weighted by atomic mass is 9.80. The molecule has 0 spiro atoms. The number of nitrogens with zero attached hydrogens (tertiary/aromatic N) is 5. The fourth-order valence-corrected chi connectivity index (χ4v) is 8.77. The van der Waals surface area contributed by atoms with Crippen LogP contribution in [0.15, 0.2) is 156 Å². The molecule has 3 aromatic heterocycles. The number of benzene rings is 7. The number of aromatic nitrogens is 4. The molecule has 0 amide bonds. The SMILES string of the molecule is CC1(C)c2ccccc2-c2c1c1c3ccccc3n(-c3ccc(-c4nc(-c5ccccc5)nc(-c5ccc(C#N)cc5)n4)cc3)c1c1oc3ccccc3c21. The van der Waals surface area contributed by atoms with E-state index in [2.05, 4.69) is 115 Å². The lowest BCUT2D eigenvalue weighted by molar-refractivity contribution is 0.663. The molecular formula is C49H31N5O. The van der Waals surface area contributed by atoms with Crippen molar-refractivity contribution in [1.29, 1.82) is 5.26 Å². The highest BCUT2D eigenvalue weighted by atomic mass is 16.3. The molecule has 0 unspecified atom stereocenters. The fraction of sp³-hybridized carbons (Fsp3) is 0.0612. The zero-order chi connectivity index (χ0) is 36.8. The van der Waals surface area contributed by atoms with Gasteiger partial charge in [0.2, 0.25) is 0 Å². The molecule has 11 rings (SSSR count). The molecule has 55 heavy (non-hydrogen) atoms. The number of nitriles is 1. The summed E-state index contributed by atoms with van der Waals surface area (Å²) in [7, 11) is 0. The Hall–Kier alpha value is -7.36. The third kappa shape index (κ3) is 4.50. The van der Waals surface area contributed by atoms with Crippen molar-refractivity contribution in [3.05, 3.63) is 168 Å². The lowest BCUT2D eigenvalue weighted by Gasteiger charge is -2.23. The summed E-state index contributed by atoms with van der Waals surface area (Å²) >= 11 is 0. The van der Waals surface area contributed by atoms with Crippen LogP contribution in [0.3, 0.4) is 0 Å². The maximum Gasteiger partial charge on any atom is 0.164 e. The minimum absolute atomic E-state index is 0.239. The normalized spacial score (nSPS) is 13.0. The van der Waals surface area contributed by atoms with Crippen molar-refractivity contribution in [2.45, 2.75) is 19.3 Å². The first-order valence-corrected chi connectivity index (χ1v) is 18.4. The summed E-state index contributed by atoms with van der Waals surface area (Å²) in [6.45, 7) is 4.72. The van der Waals surface area contributed by atoms with E-state index >= 15 is 0 Å². The maximum absolute atomic E-state index is 9.38. The van der Waals surface area contributed by atoms with Gasteiger partial charge in [-0.2, -0.15) is 5.26 Å². The molecule has 3 heterocycles. The van der Waals surface area contributed by atoms with E-state index in [1.54, 1.807) is 12.1 Å². The molecular weight excluding hydrogens is 675 g/mol. The topological polar surface area (TPSA) is 80.5 Å². The standard InChI is InChI=1S/C49H31N5O/c1-49(2)37-17-9-6-14-34(37)40-41-36-16-8-11-19-39(36)55-45(41)44-42(43(40)49)35-15-7-10-18-38(35)54(44)33-26-24-32(25-27-33)48-52-46(30-12-4-3-5-13-30)51-47(53-48)31-22-20-29(28-50)21-23-31/h3-27H,1-2H3. The molecule has 10 aromatic rings. The quantitative estimate of drug-likeness (QED) is 0.182. The average molecular weight is 706 g/mol. The second-order valence-corrected chi connectivity index (χ2v) is 14.7. The van der Waals surface area contributed by atoms with Gasteiger partial charge < -0.3 is 8.98 Å². The zero-order valence-corrected chi connectivity index (χ0v) is 30.1. The highest BCUT2D eigenvalue weighted by Gasteiger charge is 2.41. The van der Waals surface area contributed by atoms with Gasteiger partial charge in [-0.15, -0.1) is 0 Å². The van der Waals surface area contributed by atoms with E-state index in [-0.39, 0.29) is 5.41 Å². The molecule has 0 fully saturated rings. The third-order valence-corrected chi connectivity index (χ3v) is 11.3. The number of furan rings is 1. The minimum atomic E-state index is -0.239. The van der Waals surface area contributed by atoms with E-state index in [1.165, 1.54) is 33.0 Å². The molecule has 0 atom stereocenters. The second-order valence-electron chi connectivity index (χ2n) is 14.7. The van der Waals surface area contributed by atoms with Crippen molar-refractivity contribution in [3.8, 4) is 57.0 Å². The molecule has 0 saturated heterocycles. The Morgan fingerprint density at radius 3 is 1.87 bits per heavy atom. The summed E-state index contributed by atoms with van der Waals surface area (Å²) in [6.07, 6.45) is 0. The number of fused-ring (bicyclic) bond motifs is 12. The summed E-state index contributed by atoms with van der Waals surface area (Å²) in [5.41, 5.74) is 13.1. The van der Waals surface area contributed by atoms with Crippen molar-refractivity contribution in [2.75, 3.05) is 0 Å². The maximum atomic E-state index is 9.38. The molecule has 258 valence electrons. The highest BCUT2D eigenvalue weighted by Crippen LogP contribution is 2.58. The monoisotopic (exact) mass is 705 g/mol. The van der Waals surface area contributed by atoms with Gasteiger partial charge in [0.25, 0.3) is 0 Å². The van der Waals surface area contributed by atoms with Gasteiger partial charge in [-0.25, -0.2) is 15.0 Å². The van der Waals surface area contributed by atoms with Crippen molar-refractivity contribution in [3.63, 3.8) is 0 Å². The van der Waals surface area contributed by atoms with Crippen LogP contribution < -0.4 is 0 Å². The van der Waals surface area contributed by atoms with E-state index in [9.17, 15) is 5.26 Å². The Labute approximate surface area is 316 Å². The van der Waals surface area contributed by atoms with Gasteiger partial charge in [-0.05, 0) is 82.9 Å². The molecule has 1 aliphatic carbocycles. The van der Waals surface area contributed by atoms with Gasteiger partial charge in [0.05, 0.1) is 22.7 Å². The summed E-state index contributed by atoms with van der Waals surface area (Å²) in [5.74, 6) is 1.70. The first kappa shape index (κ1) is 31.2. The van der Waals surface area contributed by atoms with Gasteiger partial charge in [-0.1, -0.05) is 105 Å². The Bertz CT molecular complexity index is 3220. The van der Waals surface area contributed by atoms with Crippen LogP contribution in [-0.2, 0) is 5.41 Å². The summed E-state index contributed by atoms with van der Waals surface area (Å²) in [4.78, 5) is 14.8. The lowest BCUT2D eigenvalue weighted by Crippen LogP contribution is -2.15. The van der Waals surface area contributed by atoms with Crippen LogP contribution in [0.5, 0.6) is 0 Å². The van der Waals surface area contributed by atoms with Gasteiger partial charge in [0.15, 0.2) is 23.1 Å². The fourth-order valence-electron chi connectivity index (χ4n) is 8.77. The van der Waals surface area contributed by atoms with Gasteiger partial charge >= 0.3 is 0 Å². The second kappa shape index (κ2) is 11.6. The van der Waals surface area contributed by atoms with Crippen LogP contribution in [0.4, 0.5) is 0 Å². The summed E-state index contributed by atoms with van der Waals surface area (Å²) < 4.78 is 9.28. The molecule has 0 radical (unpaired) electrons. The first-order chi connectivity index (χ1) is 27.0. The van der Waals surface area contributed by atoms with E-state index in [4.69, 9.17) is 19.4 Å². The van der Waals surface area contributed by atoms with Crippen LogP contribution in [0.1, 0.15) is 30.5 Å². The van der Waals surface area contributed by atoms with Crippen LogP contribution in [0, 0.1) is 11.3 Å². The molecule has 6 heteroatoms. The molecule has 0 saturated carbocycles. The van der Waals surface area contributed by atoms with Crippen LogP contribution >= 0.6 is 0 Å². The Morgan fingerprint density at radius 2 is 1.16 bits per heavy atom. The number of rotatable bonds is 4. The van der Waals surface area contributed by atoms with Crippen molar-refractivity contribution >= 4 is 43.7 Å². The van der Waals surface area contributed by atoms with Crippen LogP contribution in [0.2, 0.25) is 0 Å². The Kier molecular flexibility index (Phi) is 6.56. The smallest absolute Gasteiger partial charge is 0.164 e. The van der Waals surface area contributed by atoms with E-state index in [0.717, 1.165) is 55.3 Å². The van der Waals surface area contributed by atoms with Crippen LogP contribution in [0.25, 0.3) is 94.7 Å². The Morgan fingerprint density at radius 1 is 0.582 bits per heavy atom. The van der Waals surface area contributed by atoms with E-state index in [0.29, 0.717) is 23.0 Å². The summed E-state index contributed by atoms with van der Waals surface area (Å²) in [6, 6.07) is 53.9. The van der Waals surface area contributed by atoms with Crippen molar-refractivity contribution in [1.82, 2.24) is 19.5 Å². The number of para-hydroxylation sites is 2. The number of hydrogen-bond donors (Lipinski definition) is 0. The summed E-state index contributed by atoms with van der Waals surface area (Å²) in [5, 5.41) is 14.1. The molecule has 1 aliphatic rings. The number of hydrogen-bond acceptors (Lipinski definition) is 5. The third-order valence-electron chi connectivity index (χ3n) is 11.3. The largest absolute Gasteiger partial charge is 0.454 e. The van der Waals surface area contributed by atoms with Gasteiger partial charge in [0.1, 0.15) is 5.58 Å². The van der Waals surface area contributed by atoms with Crippen molar-refractivity contribution < 1.29 is 4.42 Å². The van der Waals surface area contributed by atoms with Gasteiger partial charge in [-0.3, -0.25) is 0 Å². The molecule has 0 N–H and O–H groups in total. The van der Waals surface area contributed by atoms with E-state index < -0.39 is 0 Å². The van der Waals surface area contributed by atoms with Crippen LogP contribution in [-0.4, -0.2) is 19.5 Å². The Balaban J connectivity index is 1.16. The average Bonchev–Trinajstić information content (AvgIpc) is 3.87. The van der Waals surface area contributed by atoms with Crippen molar-refractivity contribution in [2.24, 2.45) is 0 Å². The molecule has 6 nitrogen and oxygen atoms in total. The van der Waals surface area contributed by atoms with Gasteiger partial charge in [0, 0.05) is 49.3 Å². The predicted octanol–water partition coefficient (Wildman–Crippen LogP) is 12.0.